The maximum absolute atomic E-state index is 13.2. The van der Waals surface area contributed by atoms with E-state index in [2.05, 4.69) is 32.0 Å². The van der Waals surface area contributed by atoms with Crippen LogP contribution in [0.5, 0.6) is 0 Å². The molecule has 0 fully saturated rings. The first-order chi connectivity index (χ1) is 19.3. The van der Waals surface area contributed by atoms with Crippen molar-refractivity contribution in [2.24, 2.45) is 0 Å². The number of aromatic amines is 1. The van der Waals surface area contributed by atoms with E-state index < -0.39 is 17.7 Å². The van der Waals surface area contributed by atoms with Crippen LogP contribution in [0.1, 0.15) is 31.9 Å². The van der Waals surface area contributed by atoms with E-state index in [1.54, 1.807) is 24.2 Å². The van der Waals surface area contributed by atoms with E-state index in [1.807, 2.05) is 87.6 Å². The second-order valence-electron chi connectivity index (χ2n) is 10.6. The predicted molar refractivity (Wildman–Crippen MR) is 162 cm³/mol. The van der Waals surface area contributed by atoms with Crippen LogP contribution in [0.15, 0.2) is 85.3 Å². The van der Waals surface area contributed by atoms with Crippen LogP contribution in [0.3, 0.4) is 0 Å². The van der Waals surface area contributed by atoms with Crippen LogP contribution in [0.25, 0.3) is 10.9 Å². The second-order valence-corrected chi connectivity index (χ2v) is 11.7. The van der Waals surface area contributed by atoms with Crippen LogP contribution in [-0.2, 0) is 22.5 Å². The Morgan fingerprint density at radius 3 is 2.52 bits per heavy atom. The van der Waals surface area contributed by atoms with E-state index in [1.165, 1.54) is 0 Å². The number of para-hydroxylation sites is 2. The van der Waals surface area contributed by atoms with Gasteiger partial charge in [-0.15, -0.1) is 0 Å². The molecule has 40 heavy (non-hydrogen) atoms. The van der Waals surface area contributed by atoms with Crippen molar-refractivity contribution in [3.63, 3.8) is 0 Å². The third-order valence-corrected chi connectivity index (χ3v) is 7.29. The number of carbonyl (C=O) groups is 2. The molecule has 2 heterocycles. The summed E-state index contributed by atoms with van der Waals surface area (Å²) in [7, 11) is 0. The molecule has 2 atom stereocenters. The van der Waals surface area contributed by atoms with Gasteiger partial charge in [0.05, 0.1) is 0 Å². The molecule has 2 aromatic heterocycles. The fourth-order valence-corrected chi connectivity index (χ4v) is 5.35. The van der Waals surface area contributed by atoms with E-state index in [4.69, 9.17) is 4.74 Å². The maximum Gasteiger partial charge on any atom is 0.407 e. The molecule has 4 aromatic rings. The molecule has 8 nitrogen and oxygen atoms in total. The number of anilines is 1. The summed E-state index contributed by atoms with van der Waals surface area (Å²) in [4.78, 5) is 33.4. The van der Waals surface area contributed by atoms with Gasteiger partial charge in [-0.1, -0.05) is 42.5 Å². The van der Waals surface area contributed by atoms with E-state index in [0.717, 1.165) is 27.7 Å². The summed E-state index contributed by atoms with van der Waals surface area (Å²) in [6.07, 6.45) is 5.61. The van der Waals surface area contributed by atoms with Gasteiger partial charge in [-0.05, 0) is 62.6 Å². The normalized spacial score (nSPS) is 12.9. The van der Waals surface area contributed by atoms with Gasteiger partial charge >= 0.3 is 6.09 Å². The number of thioether (sulfide) groups is 1. The van der Waals surface area contributed by atoms with Crippen LogP contribution in [0, 0.1) is 0 Å². The first kappa shape index (κ1) is 29.0. The minimum Gasteiger partial charge on any atom is -0.444 e. The number of carbonyl (C=O) groups excluding carboxylic acids is 2. The summed E-state index contributed by atoms with van der Waals surface area (Å²) in [6.45, 7) is 5.94. The van der Waals surface area contributed by atoms with E-state index in [-0.39, 0.29) is 11.9 Å². The fourth-order valence-electron chi connectivity index (χ4n) is 4.25. The Bertz CT molecular complexity index is 1370. The largest absolute Gasteiger partial charge is 0.444 e. The molecule has 0 bridgehead atoms. The summed E-state index contributed by atoms with van der Waals surface area (Å²) >= 11 is 1.61. The van der Waals surface area contributed by atoms with E-state index in [0.29, 0.717) is 24.5 Å². The number of aromatic nitrogens is 2. The lowest BCUT2D eigenvalue weighted by atomic mass is 10.1. The van der Waals surface area contributed by atoms with Crippen molar-refractivity contribution in [1.29, 1.82) is 0 Å². The third-order valence-electron chi connectivity index (χ3n) is 6.09. The Morgan fingerprint density at radius 2 is 1.77 bits per heavy atom. The number of ether oxygens (including phenoxy) is 1. The first-order valence-corrected chi connectivity index (χ1v) is 14.5. The molecule has 0 spiro atoms. The lowest BCUT2D eigenvalue weighted by Crippen LogP contribution is -2.43. The molecule has 210 valence electrons. The molecule has 0 aliphatic heterocycles. The van der Waals surface area contributed by atoms with Gasteiger partial charge in [0.15, 0.2) is 0 Å². The Labute approximate surface area is 239 Å². The first-order valence-electron chi connectivity index (χ1n) is 13.4. The van der Waals surface area contributed by atoms with Crippen molar-refractivity contribution >= 4 is 40.4 Å². The molecular weight excluding hydrogens is 522 g/mol. The Balaban J connectivity index is 1.43. The zero-order valence-corrected chi connectivity index (χ0v) is 24.0. The minimum atomic E-state index is -0.598. The van der Waals surface area contributed by atoms with Gasteiger partial charge in [0, 0.05) is 59.3 Å². The Kier molecular flexibility index (Phi) is 10.1. The van der Waals surface area contributed by atoms with Crippen molar-refractivity contribution in [3.8, 4) is 0 Å². The molecule has 0 radical (unpaired) electrons. The average molecular weight is 560 g/mol. The highest BCUT2D eigenvalue weighted by atomic mass is 32.2. The number of hydrogen-bond acceptors (Lipinski definition) is 6. The zero-order valence-electron chi connectivity index (χ0n) is 23.1. The van der Waals surface area contributed by atoms with Crippen LogP contribution in [0.4, 0.5) is 10.5 Å². The maximum atomic E-state index is 13.2. The molecular formula is C31H37N5O3S. The highest BCUT2D eigenvalue weighted by molar-refractivity contribution is 7.99. The number of benzene rings is 2. The number of rotatable bonds is 12. The Hall–Kier alpha value is -3.98. The summed E-state index contributed by atoms with van der Waals surface area (Å²) < 4.78 is 5.54. The van der Waals surface area contributed by atoms with E-state index in [9.17, 15) is 9.59 Å². The Morgan fingerprint density at radius 1 is 1.00 bits per heavy atom. The van der Waals surface area contributed by atoms with Crippen molar-refractivity contribution in [1.82, 2.24) is 20.6 Å². The van der Waals surface area contributed by atoms with Crippen molar-refractivity contribution in [2.75, 3.05) is 16.8 Å². The van der Waals surface area contributed by atoms with E-state index >= 15 is 0 Å². The van der Waals surface area contributed by atoms with Gasteiger partial charge in [-0.25, -0.2) is 4.79 Å². The van der Waals surface area contributed by atoms with Crippen molar-refractivity contribution in [3.05, 3.63) is 96.4 Å². The number of fused-ring (bicyclic) bond motifs is 1. The highest BCUT2D eigenvalue weighted by Gasteiger charge is 2.23. The lowest BCUT2D eigenvalue weighted by molar-refractivity contribution is -0.121. The molecule has 0 aliphatic rings. The topological polar surface area (TPSA) is 108 Å². The minimum absolute atomic E-state index is 0.103. The molecule has 2 amide bonds. The van der Waals surface area contributed by atoms with Crippen LogP contribution in [-0.4, -0.2) is 51.2 Å². The smallest absolute Gasteiger partial charge is 0.407 e. The fraction of sp³-hybridized carbons (Fsp3) is 0.323. The zero-order chi connectivity index (χ0) is 28.4. The summed E-state index contributed by atoms with van der Waals surface area (Å²) in [5.74, 6) is 1.00. The molecule has 9 heteroatoms. The van der Waals surface area contributed by atoms with Gasteiger partial charge in [-0.3, -0.25) is 9.78 Å². The van der Waals surface area contributed by atoms with Crippen LogP contribution >= 0.6 is 11.8 Å². The number of H-pyrrole nitrogens is 1. The number of pyridine rings is 1. The number of nitrogens with one attached hydrogen (secondary N) is 4. The molecule has 4 N–H and O–H groups in total. The van der Waals surface area contributed by atoms with Gasteiger partial charge in [0.1, 0.15) is 11.6 Å². The van der Waals surface area contributed by atoms with Gasteiger partial charge in [0.25, 0.3) is 0 Å². The van der Waals surface area contributed by atoms with Crippen molar-refractivity contribution in [2.45, 2.75) is 51.4 Å². The third kappa shape index (κ3) is 9.05. The van der Waals surface area contributed by atoms with Crippen molar-refractivity contribution < 1.29 is 14.3 Å². The SMILES string of the molecule is CC(C)(C)OC(=O)N[C@H](CSC[C@H](Nc1ccccc1)C(=O)NCc1cccnc1)Cc1c[nH]c2ccccc12. The quantitative estimate of drug-likeness (QED) is 0.182. The second kappa shape index (κ2) is 13.9. The molecule has 0 saturated heterocycles. The molecule has 2 aromatic carbocycles. The van der Waals surface area contributed by atoms with Crippen LogP contribution in [0.2, 0.25) is 0 Å². The summed E-state index contributed by atoms with van der Waals surface area (Å²) in [5.41, 5.74) is 3.37. The number of hydrogen-bond donors (Lipinski definition) is 4. The average Bonchev–Trinajstić information content (AvgIpc) is 3.34. The summed E-state index contributed by atoms with van der Waals surface area (Å²) in [5, 5.41) is 10.6. The predicted octanol–water partition coefficient (Wildman–Crippen LogP) is 5.53. The molecule has 4 rings (SSSR count). The van der Waals surface area contributed by atoms with Crippen LogP contribution < -0.4 is 16.0 Å². The molecule has 0 unspecified atom stereocenters. The number of amides is 2. The van der Waals surface area contributed by atoms with Gasteiger partial charge in [0.2, 0.25) is 5.91 Å². The number of nitrogens with zero attached hydrogens (tertiary/aromatic N) is 1. The monoisotopic (exact) mass is 559 g/mol. The highest BCUT2D eigenvalue weighted by Crippen LogP contribution is 2.21. The lowest BCUT2D eigenvalue weighted by Gasteiger charge is -2.24. The molecule has 0 saturated carbocycles. The van der Waals surface area contributed by atoms with Gasteiger partial charge < -0.3 is 25.7 Å². The van der Waals surface area contributed by atoms with Gasteiger partial charge in [-0.2, -0.15) is 11.8 Å². The molecule has 0 aliphatic carbocycles. The standard InChI is InChI=1S/C31H37N5O3S/c1-31(2,3)39-30(38)36-25(16-23-19-33-27-14-8-7-13-26(23)27)20-40-21-28(35-24-11-5-4-6-12-24)29(37)34-18-22-10-9-15-32-17-22/h4-15,17,19,25,28,33,35H,16,18,20-21H2,1-3H3,(H,34,37)(H,36,38)/t25-,28-/m0/s1. The number of alkyl carbamates (subject to hydrolysis) is 1. The summed E-state index contributed by atoms with van der Waals surface area (Å²) in [6, 6.07) is 20.9.